The first-order chi connectivity index (χ1) is 9.90. The predicted molar refractivity (Wildman–Crippen MR) is 81.8 cm³/mol. The number of ether oxygens (including phenoxy) is 1. The Morgan fingerprint density at radius 3 is 2.52 bits per heavy atom. The first-order valence-corrected chi connectivity index (χ1v) is 7.02. The Bertz CT molecular complexity index is 720. The molecule has 5 heteroatoms. The molecule has 2 aromatic rings. The molecule has 108 valence electrons. The van der Waals surface area contributed by atoms with Crippen LogP contribution >= 0.6 is 11.6 Å². The number of halogens is 1. The van der Waals surface area contributed by atoms with Gasteiger partial charge >= 0.3 is 6.01 Å². The third-order valence-corrected chi connectivity index (χ3v) is 3.39. The summed E-state index contributed by atoms with van der Waals surface area (Å²) >= 11 is 6.24. The molecule has 21 heavy (non-hydrogen) atoms. The van der Waals surface area contributed by atoms with Crippen molar-refractivity contribution in [3.8, 4) is 17.8 Å². The van der Waals surface area contributed by atoms with E-state index < -0.39 is 0 Å². The number of nitriles is 1. The van der Waals surface area contributed by atoms with Crippen LogP contribution < -0.4 is 4.74 Å². The summed E-state index contributed by atoms with van der Waals surface area (Å²) in [6, 6.07) is 7.55. The van der Waals surface area contributed by atoms with Crippen LogP contribution in [0.5, 0.6) is 11.8 Å². The van der Waals surface area contributed by atoms with Crippen molar-refractivity contribution in [3.63, 3.8) is 0 Å². The van der Waals surface area contributed by atoms with E-state index in [0.29, 0.717) is 11.4 Å². The fraction of sp³-hybridized carbons (Fsp3) is 0.312. The molecule has 1 aromatic heterocycles. The van der Waals surface area contributed by atoms with Gasteiger partial charge in [0.15, 0.2) is 0 Å². The van der Waals surface area contributed by atoms with Gasteiger partial charge in [0.25, 0.3) is 0 Å². The molecule has 4 nitrogen and oxygen atoms in total. The van der Waals surface area contributed by atoms with E-state index in [1.165, 1.54) is 0 Å². The van der Waals surface area contributed by atoms with Crippen LogP contribution in [-0.2, 0) is 0 Å². The largest absolute Gasteiger partial charge is 0.424 e. The molecule has 0 amide bonds. The molecule has 0 unspecified atom stereocenters. The van der Waals surface area contributed by atoms with Crippen LogP contribution in [-0.4, -0.2) is 9.97 Å². The Kier molecular flexibility index (Phi) is 4.44. The number of hydrogen-bond donors (Lipinski definition) is 0. The summed E-state index contributed by atoms with van der Waals surface area (Å²) in [5, 5.41) is 9.67. The summed E-state index contributed by atoms with van der Waals surface area (Å²) in [6.45, 7) is 7.84. The van der Waals surface area contributed by atoms with E-state index in [9.17, 15) is 0 Å². The quantitative estimate of drug-likeness (QED) is 0.835. The zero-order valence-electron chi connectivity index (χ0n) is 12.4. The van der Waals surface area contributed by atoms with Crippen molar-refractivity contribution in [2.24, 2.45) is 0 Å². The first-order valence-electron chi connectivity index (χ1n) is 6.64. The summed E-state index contributed by atoms with van der Waals surface area (Å²) in [5.74, 6) is 0.936. The Morgan fingerprint density at radius 1 is 1.19 bits per heavy atom. The molecule has 0 bridgehead atoms. The molecule has 0 radical (unpaired) electrons. The minimum Gasteiger partial charge on any atom is -0.424 e. The van der Waals surface area contributed by atoms with E-state index in [0.717, 1.165) is 16.1 Å². The molecule has 0 saturated carbocycles. The van der Waals surface area contributed by atoms with Crippen molar-refractivity contribution in [1.82, 2.24) is 9.97 Å². The van der Waals surface area contributed by atoms with Gasteiger partial charge in [-0.15, -0.1) is 0 Å². The lowest BCUT2D eigenvalue weighted by Gasteiger charge is -2.13. The van der Waals surface area contributed by atoms with Crippen LogP contribution in [0.2, 0.25) is 5.02 Å². The second-order valence-electron chi connectivity index (χ2n) is 5.18. The molecule has 0 aliphatic rings. The van der Waals surface area contributed by atoms with Crippen molar-refractivity contribution in [1.29, 1.82) is 5.26 Å². The average molecular weight is 302 g/mol. The van der Waals surface area contributed by atoms with E-state index in [2.05, 4.69) is 23.8 Å². The van der Waals surface area contributed by atoms with Gasteiger partial charge in [0, 0.05) is 10.7 Å². The summed E-state index contributed by atoms with van der Waals surface area (Å²) in [5.41, 5.74) is 2.87. The number of aryl methyl sites for hydroxylation is 2. The highest BCUT2D eigenvalue weighted by Crippen LogP contribution is 2.33. The molecule has 0 spiro atoms. The van der Waals surface area contributed by atoms with Gasteiger partial charge < -0.3 is 4.74 Å². The maximum Gasteiger partial charge on any atom is 0.323 e. The van der Waals surface area contributed by atoms with Crippen molar-refractivity contribution in [2.45, 2.75) is 33.6 Å². The molecule has 1 heterocycles. The van der Waals surface area contributed by atoms with Gasteiger partial charge in [0.1, 0.15) is 17.5 Å². The monoisotopic (exact) mass is 301 g/mol. The van der Waals surface area contributed by atoms with Crippen molar-refractivity contribution in [3.05, 3.63) is 45.7 Å². The third kappa shape index (κ3) is 3.50. The fourth-order valence-corrected chi connectivity index (χ4v) is 2.40. The first kappa shape index (κ1) is 15.3. The highest BCUT2D eigenvalue weighted by Gasteiger charge is 2.12. The summed E-state index contributed by atoms with van der Waals surface area (Å²) in [6.07, 6.45) is 0. The summed E-state index contributed by atoms with van der Waals surface area (Å²) in [4.78, 5) is 8.26. The van der Waals surface area contributed by atoms with Gasteiger partial charge in [-0.05, 0) is 49.1 Å². The normalized spacial score (nSPS) is 10.5. The summed E-state index contributed by atoms with van der Waals surface area (Å²) in [7, 11) is 0. The molecular formula is C16H16ClN3O. The van der Waals surface area contributed by atoms with E-state index in [1.807, 2.05) is 25.1 Å². The number of benzene rings is 1. The van der Waals surface area contributed by atoms with Crippen molar-refractivity contribution < 1.29 is 4.74 Å². The van der Waals surface area contributed by atoms with Crippen LogP contribution in [0.15, 0.2) is 18.2 Å². The van der Waals surface area contributed by atoms with Crippen LogP contribution in [0.1, 0.15) is 42.3 Å². The van der Waals surface area contributed by atoms with Gasteiger partial charge in [0.2, 0.25) is 0 Å². The van der Waals surface area contributed by atoms with Gasteiger partial charge in [-0.25, -0.2) is 4.98 Å². The van der Waals surface area contributed by atoms with E-state index >= 15 is 0 Å². The standard InChI is InChI=1S/C16H16ClN3O/c1-9(2)13-7-15(10(3)5-14(13)17)21-16-19-11(4)6-12(8-18)20-16/h5-7,9H,1-4H3. The lowest BCUT2D eigenvalue weighted by atomic mass is 10.0. The number of aromatic nitrogens is 2. The van der Waals surface area contributed by atoms with Gasteiger partial charge in [-0.2, -0.15) is 10.2 Å². The lowest BCUT2D eigenvalue weighted by Crippen LogP contribution is -1.99. The number of rotatable bonds is 3. The average Bonchev–Trinajstić information content (AvgIpc) is 2.40. The van der Waals surface area contributed by atoms with Gasteiger partial charge in [-0.1, -0.05) is 25.4 Å². The van der Waals surface area contributed by atoms with Crippen LogP contribution in [0.25, 0.3) is 0 Å². The Balaban J connectivity index is 2.42. The topological polar surface area (TPSA) is 58.8 Å². The van der Waals surface area contributed by atoms with Crippen LogP contribution in [0.4, 0.5) is 0 Å². The SMILES string of the molecule is Cc1cc(C#N)nc(Oc2cc(C(C)C)c(Cl)cc2C)n1. The number of hydrogen-bond acceptors (Lipinski definition) is 4. The maximum absolute atomic E-state index is 8.95. The van der Waals surface area contributed by atoms with Gasteiger partial charge in [0.05, 0.1) is 0 Å². The number of nitrogens with zero attached hydrogens (tertiary/aromatic N) is 3. The zero-order valence-corrected chi connectivity index (χ0v) is 13.2. The fourth-order valence-electron chi connectivity index (χ4n) is 1.96. The van der Waals surface area contributed by atoms with Crippen molar-refractivity contribution >= 4 is 11.6 Å². The molecular weight excluding hydrogens is 286 g/mol. The van der Waals surface area contributed by atoms with Gasteiger partial charge in [-0.3, -0.25) is 0 Å². The van der Waals surface area contributed by atoms with E-state index in [1.54, 1.807) is 13.0 Å². The highest BCUT2D eigenvalue weighted by atomic mass is 35.5. The summed E-state index contributed by atoms with van der Waals surface area (Å²) < 4.78 is 5.75. The van der Waals surface area contributed by atoms with E-state index in [-0.39, 0.29) is 17.6 Å². The van der Waals surface area contributed by atoms with E-state index in [4.69, 9.17) is 21.6 Å². The highest BCUT2D eigenvalue weighted by molar-refractivity contribution is 6.31. The second-order valence-corrected chi connectivity index (χ2v) is 5.59. The molecule has 0 saturated heterocycles. The molecule has 0 N–H and O–H groups in total. The Morgan fingerprint density at radius 2 is 1.90 bits per heavy atom. The zero-order chi connectivity index (χ0) is 15.6. The lowest BCUT2D eigenvalue weighted by molar-refractivity contribution is 0.436. The minimum atomic E-state index is 0.173. The molecule has 0 atom stereocenters. The smallest absolute Gasteiger partial charge is 0.323 e. The molecule has 0 aliphatic heterocycles. The molecule has 2 rings (SSSR count). The molecule has 1 aromatic carbocycles. The molecule has 0 aliphatic carbocycles. The minimum absolute atomic E-state index is 0.173. The predicted octanol–water partition coefficient (Wildman–Crippen LogP) is 4.53. The van der Waals surface area contributed by atoms with Crippen LogP contribution in [0, 0.1) is 25.2 Å². The Hall–Kier alpha value is -2.12. The molecule has 0 fully saturated rings. The third-order valence-electron chi connectivity index (χ3n) is 3.07. The van der Waals surface area contributed by atoms with Crippen molar-refractivity contribution in [2.75, 3.05) is 0 Å². The maximum atomic E-state index is 8.95. The second kappa shape index (κ2) is 6.11. The van der Waals surface area contributed by atoms with Crippen LogP contribution in [0.3, 0.4) is 0 Å². The Labute approximate surface area is 129 Å².